The Bertz CT molecular complexity index is 655. The predicted octanol–water partition coefficient (Wildman–Crippen LogP) is 4.04. The summed E-state index contributed by atoms with van der Waals surface area (Å²) in [5.41, 5.74) is 18.4. The first kappa shape index (κ1) is 20.3. The highest BCUT2D eigenvalue weighted by atomic mass is 16.5. The van der Waals surface area contributed by atoms with Crippen LogP contribution in [0.2, 0.25) is 0 Å². The van der Waals surface area contributed by atoms with Gasteiger partial charge in [0, 0.05) is 12.1 Å². The maximum absolute atomic E-state index is 5.88. The Balaban J connectivity index is 2.34. The molecule has 0 aliphatic rings. The van der Waals surface area contributed by atoms with Crippen LogP contribution in [0.5, 0.6) is 11.5 Å². The Morgan fingerprint density at radius 2 is 0.923 bits per heavy atom. The number of hydrogen-bond donors (Lipinski definition) is 2. The molecule has 0 amide bonds. The molecule has 2 aromatic rings. The molecular weight excluding hydrogens is 324 g/mol. The van der Waals surface area contributed by atoms with Gasteiger partial charge in [0.15, 0.2) is 0 Å². The van der Waals surface area contributed by atoms with Crippen LogP contribution in [0, 0.1) is 27.7 Å². The summed E-state index contributed by atoms with van der Waals surface area (Å²) in [5.74, 6) is 1.85. The fourth-order valence-electron chi connectivity index (χ4n) is 3.12. The van der Waals surface area contributed by atoms with Crippen LogP contribution in [0.15, 0.2) is 24.3 Å². The molecule has 2 unspecified atom stereocenters. The first-order chi connectivity index (χ1) is 12.2. The summed E-state index contributed by atoms with van der Waals surface area (Å²) in [5, 5.41) is 0. The van der Waals surface area contributed by atoms with Gasteiger partial charge in [0.05, 0.1) is 0 Å². The van der Waals surface area contributed by atoms with Gasteiger partial charge in [-0.3, -0.25) is 0 Å². The monoisotopic (exact) mass is 356 g/mol. The first-order valence-corrected chi connectivity index (χ1v) is 9.18. The van der Waals surface area contributed by atoms with Crippen LogP contribution >= 0.6 is 0 Å². The molecule has 142 valence electrons. The van der Waals surface area contributed by atoms with Gasteiger partial charge in [-0.1, -0.05) is 0 Å². The summed E-state index contributed by atoms with van der Waals surface area (Å²) < 4.78 is 11.8. The molecule has 4 N–H and O–H groups in total. The SMILES string of the molecule is Cc1cc(-c2cc(C)c(OCC(C)N)c(C)c2)cc(C)c1OCC(C)N. The molecule has 4 nitrogen and oxygen atoms in total. The van der Waals surface area contributed by atoms with Crippen LogP contribution < -0.4 is 20.9 Å². The number of ether oxygens (including phenoxy) is 2. The van der Waals surface area contributed by atoms with E-state index >= 15 is 0 Å². The predicted molar refractivity (Wildman–Crippen MR) is 109 cm³/mol. The Morgan fingerprint density at radius 1 is 0.654 bits per heavy atom. The fourth-order valence-corrected chi connectivity index (χ4v) is 3.12. The van der Waals surface area contributed by atoms with Gasteiger partial charge in [-0.2, -0.15) is 0 Å². The third-order valence-corrected chi connectivity index (χ3v) is 4.24. The average molecular weight is 357 g/mol. The lowest BCUT2D eigenvalue weighted by Crippen LogP contribution is -2.24. The molecule has 26 heavy (non-hydrogen) atoms. The molecule has 2 atom stereocenters. The molecule has 2 aromatic carbocycles. The Hall–Kier alpha value is -2.04. The van der Waals surface area contributed by atoms with E-state index in [1.807, 2.05) is 13.8 Å². The smallest absolute Gasteiger partial charge is 0.125 e. The zero-order valence-electron chi connectivity index (χ0n) is 16.8. The van der Waals surface area contributed by atoms with Crippen molar-refractivity contribution >= 4 is 0 Å². The van der Waals surface area contributed by atoms with Gasteiger partial charge in [-0.25, -0.2) is 0 Å². The summed E-state index contributed by atoms with van der Waals surface area (Å²) >= 11 is 0. The summed E-state index contributed by atoms with van der Waals surface area (Å²) in [6, 6.07) is 8.70. The maximum Gasteiger partial charge on any atom is 0.125 e. The largest absolute Gasteiger partial charge is 0.491 e. The van der Waals surface area contributed by atoms with Crippen LogP contribution in [0.4, 0.5) is 0 Å². The van der Waals surface area contributed by atoms with E-state index in [-0.39, 0.29) is 12.1 Å². The van der Waals surface area contributed by atoms with Crippen LogP contribution in [0.25, 0.3) is 11.1 Å². The second kappa shape index (κ2) is 8.56. The number of hydrogen-bond acceptors (Lipinski definition) is 4. The van der Waals surface area contributed by atoms with Crippen LogP contribution in [0.1, 0.15) is 36.1 Å². The van der Waals surface area contributed by atoms with Crippen molar-refractivity contribution in [3.8, 4) is 22.6 Å². The summed E-state index contributed by atoms with van der Waals surface area (Å²) in [6.45, 7) is 13.2. The van der Waals surface area contributed by atoms with E-state index in [1.165, 1.54) is 11.1 Å². The molecule has 0 aliphatic heterocycles. The van der Waals surface area contributed by atoms with Crippen molar-refractivity contribution in [1.29, 1.82) is 0 Å². The summed E-state index contributed by atoms with van der Waals surface area (Å²) in [4.78, 5) is 0. The van der Waals surface area contributed by atoms with Crippen molar-refractivity contribution in [2.75, 3.05) is 13.2 Å². The van der Waals surface area contributed by atoms with Crippen molar-refractivity contribution in [3.05, 3.63) is 46.5 Å². The Kier molecular flexibility index (Phi) is 6.68. The topological polar surface area (TPSA) is 70.5 Å². The molecule has 0 radical (unpaired) electrons. The lowest BCUT2D eigenvalue weighted by Gasteiger charge is -2.18. The molecule has 0 aliphatic carbocycles. The van der Waals surface area contributed by atoms with Gasteiger partial charge < -0.3 is 20.9 Å². The van der Waals surface area contributed by atoms with E-state index < -0.39 is 0 Å². The zero-order chi connectivity index (χ0) is 19.4. The molecule has 0 spiro atoms. The van der Waals surface area contributed by atoms with Gasteiger partial charge in [0.25, 0.3) is 0 Å². The lowest BCUT2D eigenvalue weighted by atomic mass is 9.96. The van der Waals surface area contributed by atoms with E-state index in [0.29, 0.717) is 13.2 Å². The van der Waals surface area contributed by atoms with Gasteiger partial charge in [-0.15, -0.1) is 0 Å². The van der Waals surface area contributed by atoms with Crippen molar-refractivity contribution < 1.29 is 9.47 Å². The number of nitrogens with two attached hydrogens (primary N) is 2. The molecule has 0 bridgehead atoms. The van der Waals surface area contributed by atoms with Gasteiger partial charge in [-0.05, 0) is 99.2 Å². The third-order valence-electron chi connectivity index (χ3n) is 4.24. The molecular formula is C22H32N2O2. The highest BCUT2D eigenvalue weighted by molar-refractivity contribution is 5.70. The fraction of sp³-hybridized carbons (Fsp3) is 0.455. The standard InChI is InChI=1S/C22H32N2O2/c1-13-7-19(8-14(2)21(13)25-11-17(5)23)20-9-15(3)22(16(4)10-20)26-12-18(6)24/h7-10,17-18H,11-12,23-24H2,1-6H3. The van der Waals surface area contributed by atoms with Gasteiger partial charge in [0.1, 0.15) is 24.7 Å². The molecule has 0 aromatic heterocycles. The molecule has 0 saturated heterocycles. The number of rotatable bonds is 7. The van der Waals surface area contributed by atoms with Crippen LogP contribution in [-0.4, -0.2) is 25.3 Å². The van der Waals surface area contributed by atoms with Crippen molar-refractivity contribution in [3.63, 3.8) is 0 Å². The lowest BCUT2D eigenvalue weighted by molar-refractivity contribution is 0.292. The quantitative estimate of drug-likeness (QED) is 0.785. The second-order valence-corrected chi connectivity index (χ2v) is 7.45. The third kappa shape index (κ3) is 4.99. The van der Waals surface area contributed by atoms with E-state index in [1.54, 1.807) is 0 Å². The van der Waals surface area contributed by atoms with E-state index in [4.69, 9.17) is 20.9 Å². The average Bonchev–Trinajstić information content (AvgIpc) is 2.52. The van der Waals surface area contributed by atoms with Crippen LogP contribution in [-0.2, 0) is 0 Å². The minimum absolute atomic E-state index is 0.0163. The Morgan fingerprint density at radius 3 is 1.15 bits per heavy atom. The van der Waals surface area contributed by atoms with E-state index in [2.05, 4.69) is 52.0 Å². The van der Waals surface area contributed by atoms with Crippen molar-refractivity contribution in [2.45, 2.75) is 53.6 Å². The normalized spacial score (nSPS) is 13.4. The Labute approximate surface area is 157 Å². The van der Waals surface area contributed by atoms with Gasteiger partial charge >= 0.3 is 0 Å². The van der Waals surface area contributed by atoms with Crippen LogP contribution in [0.3, 0.4) is 0 Å². The van der Waals surface area contributed by atoms with E-state index in [9.17, 15) is 0 Å². The number of aryl methyl sites for hydroxylation is 4. The molecule has 0 saturated carbocycles. The maximum atomic E-state index is 5.88. The molecule has 0 fully saturated rings. The molecule has 2 rings (SSSR count). The first-order valence-electron chi connectivity index (χ1n) is 9.18. The van der Waals surface area contributed by atoms with Crippen molar-refractivity contribution in [2.24, 2.45) is 11.5 Å². The highest BCUT2D eigenvalue weighted by Gasteiger charge is 2.12. The molecule has 4 heteroatoms. The number of benzene rings is 2. The van der Waals surface area contributed by atoms with E-state index in [0.717, 1.165) is 33.8 Å². The zero-order valence-corrected chi connectivity index (χ0v) is 16.8. The summed E-state index contributed by atoms with van der Waals surface area (Å²) in [6.07, 6.45) is 0. The molecule has 0 heterocycles. The second-order valence-electron chi connectivity index (χ2n) is 7.45. The highest BCUT2D eigenvalue weighted by Crippen LogP contribution is 2.34. The van der Waals surface area contributed by atoms with Gasteiger partial charge in [0.2, 0.25) is 0 Å². The minimum Gasteiger partial charge on any atom is -0.491 e. The van der Waals surface area contributed by atoms with Crippen molar-refractivity contribution in [1.82, 2.24) is 0 Å². The summed E-state index contributed by atoms with van der Waals surface area (Å²) in [7, 11) is 0. The minimum atomic E-state index is 0.0163.